The van der Waals surface area contributed by atoms with Crippen molar-refractivity contribution in [3.05, 3.63) is 17.5 Å². The molecular formula is C12H17F3N8O. The zero-order chi connectivity index (χ0) is 17.9. The summed E-state index contributed by atoms with van der Waals surface area (Å²) in [5.41, 5.74) is 0. The molecule has 0 spiro atoms. The fourth-order valence-corrected chi connectivity index (χ4v) is 1.90. The third kappa shape index (κ3) is 4.07. The predicted molar refractivity (Wildman–Crippen MR) is 76.5 cm³/mol. The summed E-state index contributed by atoms with van der Waals surface area (Å²) in [5.74, 6) is -2.11. The van der Waals surface area contributed by atoms with Gasteiger partial charge >= 0.3 is 6.18 Å². The van der Waals surface area contributed by atoms with Crippen molar-refractivity contribution in [2.24, 2.45) is 0 Å². The summed E-state index contributed by atoms with van der Waals surface area (Å²) < 4.78 is 38.6. The molecule has 0 saturated heterocycles. The average molecular weight is 346 g/mol. The number of amides is 1. The maximum absolute atomic E-state index is 12.5. The Balaban J connectivity index is 2.12. The smallest absolute Gasteiger partial charge is 0.348 e. The Labute approximate surface area is 135 Å². The molecule has 0 bridgehead atoms. The van der Waals surface area contributed by atoms with Crippen LogP contribution in [0.1, 0.15) is 36.1 Å². The van der Waals surface area contributed by atoms with Gasteiger partial charge in [0, 0.05) is 12.6 Å². The van der Waals surface area contributed by atoms with Gasteiger partial charge < -0.3 is 10.6 Å². The number of carbonyl (C=O) groups excluding carboxylic acids is 1. The maximum atomic E-state index is 12.5. The van der Waals surface area contributed by atoms with Crippen LogP contribution in [-0.4, -0.2) is 55.0 Å². The van der Waals surface area contributed by atoms with Gasteiger partial charge in [0.25, 0.3) is 11.9 Å². The molecule has 2 aromatic heterocycles. The van der Waals surface area contributed by atoms with Crippen LogP contribution in [0.15, 0.2) is 0 Å². The number of hydrogen-bond donors (Lipinski definition) is 3. The highest BCUT2D eigenvalue weighted by atomic mass is 19.4. The first-order chi connectivity index (χ1) is 11.2. The molecule has 132 valence electrons. The number of likely N-dealkylation sites (N-methyl/N-ethyl adjacent to an activating group) is 1. The van der Waals surface area contributed by atoms with Crippen molar-refractivity contribution in [3.8, 4) is 5.95 Å². The Bertz CT molecular complexity index is 707. The summed E-state index contributed by atoms with van der Waals surface area (Å²) in [4.78, 5) is 19.2. The van der Waals surface area contributed by atoms with Crippen LogP contribution in [0.25, 0.3) is 5.95 Å². The first kappa shape index (κ1) is 17.8. The van der Waals surface area contributed by atoms with Crippen LogP contribution in [0.3, 0.4) is 0 Å². The molecule has 1 atom stereocenters. The van der Waals surface area contributed by atoms with Gasteiger partial charge in [-0.05, 0) is 20.4 Å². The molecule has 9 nitrogen and oxygen atoms in total. The Morgan fingerprint density at radius 1 is 1.38 bits per heavy atom. The number of nitrogens with zero attached hydrogens (tertiary/aromatic N) is 5. The van der Waals surface area contributed by atoms with E-state index in [0.29, 0.717) is 6.54 Å². The van der Waals surface area contributed by atoms with E-state index in [4.69, 9.17) is 0 Å². The Morgan fingerprint density at radius 2 is 2.08 bits per heavy atom. The van der Waals surface area contributed by atoms with Gasteiger partial charge in [0.15, 0.2) is 0 Å². The molecule has 0 unspecified atom stereocenters. The van der Waals surface area contributed by atoms with E-state index in [9.17, 15) is 18.0 Å². The van der Waals surface area contributed by atoms with Gasteiger partial charge in [0.2, 0.25) is 11.6 Å². The number of aromatic nitrogens is 6. The van der Waals surface area contributed by atoms with Crippen LogP contribution in [0.4, 0.5) is 13.2 Å². The number of aromatic amines is 1. The summed E-state index contributed by atoms with van der Waals surface area (Å²) in [5, 5.41) is 14.8. The highest BCUT2D eigenvalue weighted by Gasteiger charge is 2.35. The second kappa shape index (κ2) is 6.95. The normalized spacial score (nSPS) is 13.1. The molecule has 0 aliphatic rings. The number of aryl methyl sites for hydroxylation is 1. The predicted octanol–water partition coefficient (Wildman–Crippen LogP) is 0.440. The third-order valence-electron chi connectivity index (χ3n) is 3.02. The number of alkyl halides is 3. The molecule has 0 fully saturated rings. The van der Waals surface area contributed by atoms with E-state index in [0.717, 1.165) is 11.2 Å². The molecule has 12 heteroatoms. The Kier molecular flexibility index (Phi) is 5.17. The second-order valence-electron chi connectivity index (χ2n) is 5.04. The fourth-order valence-electron chi connectivity index (χ4n) is 1.90. The first-order valence-electron chi connectivity index (χ1n) is 7.17. The van der Waals surface area contributed by atoms with E-state index in [-0.39, 0.29) is 23.6 Å². The van der Waals surface area contributed by atoms with Crippen LogP contribution >= 0.6 is 0 Å². The molecule has 24 heavy (non-hydrogen) atoms. The van der Waals surface area contributed by atoms with Gasteiger partial charge in [-0.25, -0.2) is 4.98 Å². The monoisotopic (exact) mass is 346 g/mol. The number of carbonyl (C=O) groups is 1. The molecule has 0 aromatic carbocycles. The minimum absolute atomic E-state index is 0.0597. The average Bonchev–Trinajstić information content (AvgIpc) is 3.11. The summed E-state index contributed by atoms with van der Waals surface area (Å²) >= 11 is 0. The van der Waals surface area contributed by atoms with Gasteiger partial charge in [-0.15, -0.1) is 10.2 Å². The van der Waals surface area contributed by atoms with E-state index in [1.54, 1.807) is 5.10 Å². The van der Waals surface area contributed by atoms with Crippen molar-refractivity contribution < 1.29 is 18.0 Å². The SMILES string of the molecule is CCN[C@H](C)CNC(=O)c1nc(C)n(-c2n[nH]c(C(F)(F)F)n2)n1. The van der Waals surface area contributed by atoms with Gasteiger partial charge in [-0.3, -0.25) is 9.89 Å². The number of H-pyrrole nitrogens is 1. The van der Waals surface area contributed by atoms with Gasteiger partial charge in [0.05, 0.1) is 0 Å². The van der Waals surface area contributed by atoms with Crippen LogP contribution in [-0.2, 0) is 6.18 Å². The highest BCUT2D eigenvalue weighted by Crippen LogP contribution is 2.26. The Morgan fingerprint density at radius 3 is 2.67 bits per heavy atom. The van der Waals surface area contributed by atoms with Crippen LogP contribution in [0.5, 0.6) is 0 Å². The van der Waals surface area contributed by atoms with Gasteiger partial charge in [-0.2, -0.15) is 22.8 Å². The van der Waals surface area contributed by atoms with Crippen molar-refractivity contribution in [1.29, 1.82) is 0 Å². The molecular weight excluding hydrogens is 329 g/mol. The Hall–Kier alpha value is -2.50. The minimum atomic E-state index is -4.65. The maximum Gasteiger partial charge on any atom is 0.451 e. The van der Waals surface area contributed by atoms with E-state index in [1.807, 2.05) is 13.8 Å². The van der Waals surface area contributed by atoms with E-state index >= 15 is 0 Å². The topological polar surface area (TPSA) is 113 Å². The molecule has 1 amide bonds. The lowest BCUT2D eigenvalue weighted by Crippen LogP contribution is -2.39. The lowest BCUT2D eigenvalue weighted by molar-refractivity contribution is -0.144. The van der Waals surface area contributed by atoms with Crippen molar-refractivity contribution in [3.63, 3.8) is 0 Å². The highest BCUT2D eigenvalue weighted by molar-refractivity contribution is 5.90. The lowest BCUT2D eigenvalue weighted by atomic mass is 10.3. The van der Waals surface area contributed by atoms with Crippen molar-refractivity contribution in [2.75, 3.05) is 13.1 Å². The van der Waals surface area contributed by atoms with Crippen LogP contribution in [0, 0.1) is 6.92 Å². The summed E-state index contributed by atoms with van der Waals surface area (Å²) in [6.07, 6.45) is -4.65. The zero-order valence-corrected chi connectivity index (χ0v) is 13.3. The number of rotatable bonds is 6. The van der Waals surface area contributed by atoms with Crippen LogP contribution < -0.4 is 10.6 Å². The molecule has 2 heterocycles. The first-order valence-corrected chi connectivity index (χ1v) is 7.17. The fraction of sp³-hybridized carbons (Fsp3) is 0.583. The molecule has 0 radical (unpaired) electrons. The quantitative estimate of drug-likeness (QED) is 0.699. The standard InChI is InChI=1S/C12H17F3N8O/c1-4-16-6(2)5-17-9(24)8-18-7(3)23(22-8)11-19-10(20-21-11)12(13,14)15/h6,16H,4-5H2,1-3H3,(H,17,24)(H,19,20,21)/t6-/m1/s1. The van der Waals surface area contributed by atoms with E-state index in [1.165, 1.54) is 6.92 Å². The van der Waals surface area contributed by atoms with Crippen molar-refractivity contribution in [2.45, 2.75) is 33.0 Å². The van der Waals surface area contributed by atoms with Gasteiger partial charge in [0.1, 0.15) is 5.82 Å². The largest absolute Gasteiger partial charge is 0.451 e. The zero-order valence-electron chi connectivity index (χ0n) is 13.3. The molecule has 2 rings (SSSR count). The molecule has 0 aliphatic heterocycles. The van der Waals surface area contributed by atoms with E-state index < -0.39 is 17.9 Å². The summed E-state index contributed by atoms with van der Waals surface area (Å²) in [7, 11) is 0. The second-order valence-corrected chi connectivity index (χ2v) is 5.04. The number of halogens is 3. The third-order valence-corrected chi connectivity index (χ3v) is 3.02. The summed E-state index contributed by atoms with van der Waals surface area (Å²) in [6.45, 7) is 6.44. The molecule has 0 saturated carbocycles. The van der Waals surface area contributed by atoms with E-state index in [2.05, 4.69) is 30.8 Å². The minimum Gasteiger partial charge on any atom is -0.348 e. The molecule has 3 N–H and O–H groups in total. The van der Waals surface area contributed by atoms with Crippen molar-refractivity contribution in [1.82, 2.24) is 40.6 Å². The number of hydrogen-bond acceptors (Lipinski definition) is 6. The number of nitrogens with one attached hydrogen (secondary N) is 3. The van der Waals surface area contributed by atoms with Crippen LogP contribution in [0.2, 0.25) is 0 Å². The lowest BCUT2D eigenvalue weighted by Gasteiger charge is -2.11. The summed E-state index contributed by atoms with van der Waals surface area (Å²) in [6, 6.07) is 0.0597. The molecule has 2 aromatic rings. The van der Waals surface area contributed by atoms with Crippen molar-refractivity contribution >= 4 is 5.91 Å². The molecule has 0 aliphatic carbocycles. The van der Waals surface area contributed by atoms with Gasteiger partial charge in [-0.1, -0.05) is 6.92 Å².